The molecule has 7 nitrogen and oxygen atoms in total. The molecule has 0 spiro atoms. The summed E-state index contributed by atoms with van der Waals surface area (Å²) >= 11 is 12.2. The van der Waals surface area contributed by atoms with Crippen molar-refractivity contribution in [2.24, 2.45) is 0 Å². The molecule has 0 saturated heterocycles. The molecule has 0 atom stereocenters. The van der Waals surface area contributed by atoms with Crippen molar-refractivity contribution in [3.63, 3.8) is 0 Å². The molecule has 1 aromatic carbocycles. The Kier molecular flexibility index (Phi) is 6.82. The van der Waals surface area contributed by atoms with Gasteiger partial charge in [-0.05, 0) is 12.1 Å². The normalized spacial score (nSPS) is 11.2. The Morgan fingerprint density at radius 2 is 1.91 bits per heavy atom. The summed E-state index contributed by atoms with van der Waals surface area (Å²) in [6.07, 6.45) is 0.905. The van der Waals surface area contributed by atoms with Crippen molar-refractivity contribution in [2.75, 3.05) is 24.7 Å². The number of hydrogen-bond donors (Lipinski definition) is 1. The van der Waals surface area contributed by atoms with Gasteiger partial charge in [-0.3, -0.25) is 13.8 Å². The average molecular weight is 383 g/mol. The van der Waals surface area contributed by atoms with E-state index in [9.17, 15) is 18.0 Å². The number of likely N-dealkylation sites (N-methyl/N-ethyl adjacent to an activating group) is 1. The van der Waals surface area contributed by atoms with Crippen LogP contribution in [0.2, 0.25) is 10.0 Å². The average Bonchev–Trinajstić information content (AvgIpc) is 2.42. The minimum absolute atomic E-state index is 0.0971. The number of hydrogen-bond acceptors (Lipinski definition) is 5. The zero-order valence-corrected chi connectivity index (χ0v) is 15.0. The summed E-state index contributed by atoms with van der Waals surface area (Å²) in [4.78, 5) is 24.1. The SMILES string of the molecule is CC(=O)NCC(=O)N(C)c1ccc(Cl)c(COS(C)(=O)=O)c1Cl. The minimum atomic E-state index is -3.67. The van der Waals surface area contributed by atoms with E-state index < -0.39 is 16.0 Å². The van der Waals surface area contributed by atoms with Crippen LogP contribution in [-0.4, -0.2) is 40.1 Å². The number of benzene rings is 1. The predicted molar refractivity (Wildman–Crippen MR) is 88.2 cm³/mol. The Balaban J connectivity index is 3.04. The first-order valence-corrected chi connectivity index (χ1v) is 8.92. The molecule has 128 valence electrons. The molecule has 1 rings (SSSR count). The van der Waals surface area contributed by atoms with Crippen LogP contribution in [0.5, 0.6) is 0 Å². The largest absolute Gasteiger partial charge is 0.347 e. The summed E-state index contributed by atoms with van der Waals surface area (Å²) in [6, 6.07) is 2.99. The second-order valence-corrected chi connectivity index (χ2v) is 7.12. The van der Waals surface area contributed by atoms with Gasteiger partial charge in [0.25, 0.3) is 10.1 Å². The van der Waals surface area contributed by atoms with Gasteiger partial charge in [-0.15, -0.1) is 0 Å². The van der Waals surface area contributed by atoms with Gasteiger partial charge < -0.3 is 10.2 Å². The molecular formula is C13H16Cl2N2O5S. The lowest BCUT2D eigenvalue weighted by atomic mass is 10.2. The maximum absolute atomic E-state index is 12.0. The van der Waals surface area contributed by atoms with Crippen LogP contribution in [0.3, 0.4) is 0 Å². The van der Waals surface area contributed by atoms with Gasteiger partial charge in [-0.25, -0.2) is 0 Å². The van der Waals surface area contributed by atoms with E-state index in [1.54, 1.807) is 0 Å². The maximum Gasteiger partial charge on any atom is 0.264 e. The molecule has 0 aliphatic rings. The molecule has 0 unspecified atom stereocenters. The Labute approximate surface area is 144 Å². The van der Waals surface area contributed by atoms with E-state index in [1.807, 2.05) is 0 Å². The third-order valence-electron chi connectivity index (χ3n) is 2.81. The van der Waals surface area contributed by atoms with Gasteiger partial charge in [0.1, 0.15) is 0 Å². The summed E-state index contributed by atoms with van der Waals surface area (Å²) < 4.78 is 26.9. The van der Waals surface area contributed by atoms with Crippen LogP contribution in [0.1, 0.15) is 12.5 Å². The third kappa shape index (κ3) is 5.98. The van der Waals surface area contributed by atoms with Crippen molar-refractivity contribution < 1.29 is 22.2 Å². The van der Waals surface area contributed by atoms with Gasteiger partial charge in [-0.2, -0.15) is 8.42 Å². The predicted octanol–water partition coefficient (Wildman–Crippen LogP) is 1.57. The van der Waals surface area contributed by atoms with Crippen LogP contribution >= 0.6 is 23.2 Å². The summed E-state index contributed by atoms with van der Waals surface area (Å²) in [6.45, 7) is 0.751. The quantitative estimate of drug-likeness (QED) is 0.753. The fraction of sp³-hybridized carbons (Fsp3) is 0.385. The monoisotopic (exact) mass is 382 g/mol. The number of carbonyl (C=O) groups excluding carboxylic acids is 2. The van der Waals surface area contributed by atoms with Crippen LogP contribution in [0.4, 0.5) is 5.69 Å². The third-order valence-corrected chi connectivity index (χ3v) is 4.13. The zero-order valence-electron chi connectivity index (χ0n) is 12.7. The van der Waals surface area contributed by atoms with Crippen LogP contribution in [0.25, 0.3) is 0 Å². The number of nitrogens with one attached hydrogen (secondary N) is 1. The van der Waals surface area contributed by atoms with E-state index in [0.717, 1.165) is 6.26 Å². The molecule has 1 N–H and O–H groups in total. The van der Waals surface area contributed by atoms with E-state index in [4.69, 9.17) is 27.4 Å². The van der Waals surface area contributed by atoms with E-state index in [2.05, 4.69) is 5.32 Å². The van der Waals surface area contributed by atoms with E-state index in [0.29, 0.717) is 5.69 Å². The van der Waals surface area contributed by atoms with Gasteiger partial charge >= 0.3 is 0 Å². The van der Waals surface area contributed by atoms with Crippen molar-refractivity contribution in [3.05, 3.63) is 27.7 Å². The molecule has 10 heteroatoms. The Morgan fingerprint density at radius 1 is 1.30 bits per heavy atom. The Morgan fingerprint density at radius 3 is 2.43 bits per heavy atom. The van der Waals surface area contributed by atoms with E-state index >= 15 is 0 Å². The standard InChI is InChI=1S/C13H16Cl2N2O5S/c1-8(18)16-6-12(19)17(2)11-5-4-10(14)9(13(11)15)7-22-23(3,20)21/h4-5H,6-7H2,1-3H3,(H,16,18). The van der Waals surface area contributed by atoms with Gasteiger partial charge in [0.05, 0.1) is 30.1 Å². The lowest BCUT2D eigenvalue weighted by Gasteiger charge is -2.21. The fourth-order valence-electron chi connectivity index (χ4n) is 1.60. The van der Waals surface area contributed by atoms with Crippen molar-refractivity contribution in [2.45, 2.75) is 13.5 Å². The molecule has 0 radical (unpaired) electrons. The first-order chi connectivity index (χ1) is 10.5. The highest BCUT2D eigenvalue weighted by molar-refractivity contribution is 7.85. The molecule has 2 amide bonds. The summed E-state index contributed by atoms with van der Waals surface area (Å²) in [5.41, 5.74) is 0.564. The number of rotatable bonds is 6. The van der Waals surface area contributed by atoms with E-state index in [-0.39, 0.29) is 34.7 Å². The molecule has 0 fully saturated rings. The number of nitrogens with zero attached hydrogens (tertiary/aromatic N) is 1. The Bertz CT molecular complexity index is 721. The van der Waals surface area contributed by atoms with Crippen LogP contribution in [0.15, 0.2) is 12.1 Å². The molecule has 0 saturated carbocycles. The highest BCUT2D eigenvalue weighted by Gasteiger charge is 2.19. The molecule has 0 aliphatic carbocycles. The fourth-order valence-corrected chi connectivity index (χ4v) is 2.53. The van der Waals surface area contributed by atoms with Gasteiger partial charge in [0.15, 0.2) is 0 Å². The highest BCUT2D eigenvalue weighted by Crippen LogP contribution is 2.34. The van der Waals surface area contributed by atoms with Gasteiger partial charge in [0.2, 0.25) is 11.8 Å². The lowest BCUT2D eigenvalue weighted by Crippen LogP contribution is -2.37. The molecule has 0 heterocycles. The van der Waals surface area contributed by atoms with Gasteiger partial charge in [0, 0.05) is 24.6 Å². The minimum Gasteiger partial charge on any atom is -0.347 e. The first-order valence-electron chi connectivity index (χ1n) is 6.35. The molecular weight excluding hydrogens is 367 g/mol. The molecule has 0 aliphatic heterocycles. The van der Waals surface area contributed by atoms with Gasteiger partial charge in [-0.1, -0.05) is 23.2 Å². The smallest absolute Gasteiger partial charge is 0.264 e. The summed E-state index contributed by atoms with van der Waals surface area (Å²) in [5.74, 6) is -0.740. The summed E-state index contributed by atoms with van der Waals surface area (Å²) in [7, 11) is -2.20. The second kappa shape index (κ2) is 7.96. The molecule has 23 heavy (non-hydrogen) atoms. The highest BCUT2D eigenvalue weighted by atomic mass is 35.5. The number of anilines is 1. The molecule has 0 aromatic heterocycles. The zero-order chi connectivity index (χ0) is 17.8. The first kappa shape index (κ1) is 19.7. The van der Waals surface area contributed by atoms with Crippen LogP contribution in [0, 0.1) is 0 Å². The van der Waals surface area contributed by atoms with Crippen LogP contribution in [-0.2, 0) is 30.5 Å². The second-order valence-electron chi connectivity index (χ2n) is 4.69. The van der Waals surface area contributed by atoms with Crippen molar-refractivity contribution in [3.8, 4) is 0 Å². The summed E-state index contributed by atoms with van der Waals surface area (Å²) in [5, 5.41) is 2.69. The van der Waals surface area contributed by atoms with E-state index in [1.165, 1.54) is 31.0 Å². The maximum atomic E-state index is 12.0. The van der Waals surface area contributed by atoms with Crippen molar-refractivity contribution in [1.29, 1.82) is 0 Å². The molecule has 1 aromatic rings. The number of carbonyl (C=O) groups is 2. The Hall–Kier alpha value is -1.35. The lowest BCUT2D eigenvalue weighted by molar-refractivity contribution is -0.123. The van der Waals surface area contributed by atoms with Crippen molar-refractivity contribution >= 4 is 50.8 Å². The number of amides is 2. The van der Waals surface area contributed by atoms with Crippen LogP contribution < -0.4 is 10.2 Å². The number of halogens is 2. The van der Waals surface area contributed by atoms with Crippen molar-refractivity contribution in [1.82, 2.24) is 5.32 Å². The molecule has 0 bridgehead atoms. The topological polar surface area (TPSA) is 92.8 Å².